The maximum Gasteiger partial charge on any atom is 0.263 e. The minimum Gasteiger partial charge on any atom is -0.391 e. The highest BCUT2D eigenvalue weighted by atomic mass is 32.2. The van der Waals surface area contributed by atoms with Gasteiger partial charge < -0.3 is 10.0 Å². The Morgan fingerprint density at radius 2 is 2.07 bits per heavy atom. The number of thioether (sulfide) groups is 1. The van der Waals surface area contributed by atoms with Gasteiger partial charge in [-0.15, -0.1) is 16.8 Å². The third-order valence-corrected chi connectivity index (χ3v) is 6.61. The molecule has 1 saturated heterocycles. The van der Waals surface area contributed by atoms with Crippen molar-refractivity contribution < 1.29 is 5.11 Å². The molecule has 7 nitrogen and oxygen atoms in total. The first-order chi connectivity index (χ1) is 14.1. The Labute approximate surface area is 174 Å². The molecule has 3 heterocycles. The van der Waals surface area contributed by atoms with E-state index >= 15 is 0 Å². The van der Waals surface area contributed by atoms with Crippen molar-refractivity contribution in [3.63, 3.8) is 0 Å². The number of piperidine rings is 1. The normalized spacial score (nSPS) is 17.2. The summed E-state index contributed by atoms with van der Waals surface area (Å²) in [5.74, 6) is 1.80. The Hall–Kier alpha value is -2.16. The molecule has 0 amide bonds. The Bertz CT molecular complexity index is 1070. The largest absolute Gasteiger partial charge is 0.391 e. The number of allylic oxidation sites excluding steroid dienone is 1. The Morgan fingerprint density at radius 3 is 2.83 bits per heavy atom. The van der Waals surface area contributed by atoms with Crippen LogP contribution in [0.1, 0.15) is 19.8 Å². The first-order valence-corrected chi connectivity index (χ1v) is 11.1. The highest BCUT2D eigenvalue weighted by molar-refractivity contribution is 7.99. The summed E-state index contributed by atoms with van der Waals surface area (Å²) >= 11 is 1.47. The molecule has 2 aromatic heterocycles. The monoisotopic (exact) mass is 413 g/mol. The number of benzene rings is 1. The van der Waals surface area contributed by atoms with E-state index in [1.165, 1.54) is 24.6 Å². The lowest BCUT2D eigenvalue weighted by molar-refractivity contribution is 0.105. The number of rotatable bonds is 7. The van der Waals surface area contributed by atoms with Crippen LogP contribution in [0.25, 0.3) is 16.7 Å². The zero-order valence-corrected chi connectivity index (χ0v) is 17.5. The maximum absolute atomic E-state index is 12.8. The molecule has 1 aliphatic rings. The first-order valence-electron chi connectivity index (χ1n) is 10.1. The van der Waals surface area contributed by atoms with Gasteiger partial charge in [-0.2, -0.15) is 0 Å². The fourth-order valence-corrected chi connectivity index (χ4v) is 4.74. The summed E-state index contributed by atoms with van der Waals surface area (Å²) in [5.41, 5.74) is 0.677. The van der Waals surface area contributed by atoms with E-state index < -0.39 is 6.10 Å². The number of likely N-dealkylation sites (tertiary alicyclic amines) is 1. The molecule has 1 unspecified atom stereocenters. The van der Waals surface area contributed by atoms with Gasteiger partial charge in [-0.05, 0) is 44.0 Å². The third kappa shape index (κ3) is 4.10. The van der Waals surface area contributed by atoms with Crippen LogP contribution in [-0.2, 0) is 6.54 Å². The molecular formula is C21H27N5O2S. The average Bonchev–Trinajstić information content (AvgIpc) is 3.15. The number of hydrogen-bond acceptors (Lipinski definition) is 6. The van der Waals surface area contributed by atoms with E-state index in [0.29, 0.717) is 35.2 Å². The van der Waals surface area contributed by atoms with Gasteiger partial charge in [0.25, 0.3) is 5.56 Å². The fourth-order valence-electron chi connectivity index (χ4n) is 3.89. The summed E-state index contributed by atoms with van der Waals surface area (Å²) in [7, 11) is 0. The van der Waals surface area contributed by atoms with Gasteiger partial charge >= 0.3 is 0 Å². The molecule has 0 spiro atoms. The minimum absolute atomic E-state index is 0.101. The maximum atomic E-state index is 12.8. The van der Waals surface area contributed by atoms with Gasteiger partial charge in [0.05, 0.1) is 17.0 Å². The average molecular weight is 414 g/mol. The molecule has 8 heteroatoms. The van der Waals surface area contributed by atoms with E-state index in [9.17, 15) is 9.90 Å². The van der Waals surface area contributed by atoms with Crippen molar-refractivity contribution in [1.82, 2.24) is 24.1 Å². The second-order valence-electron chi connectivity index (χ2n) is 7.79. The van der Waals surface area contributed by atoms with Gasteiger partial charge in [0, 0.05) is 18.8 Å². The quantitative estimate of drug-likeness (QED) is 0.474. The number of aliphatic hydroxyl groups excluding tert-OH is 1. The van der Waals surface area contributed by atoms with Crippen molar-refractivity contribution in [1.29, 1.82) is 0 Å². The number of hydrogen-bond donors (Lipinski definition) is 1. The van der Waals surface area contributed by atoms with E-state index in [-0.39, 0.29) is 5.56 Å². The van der Waals surface area contributed by atoms with Crippen molar-refractivity contribution in [3.8, 4) is 0 Å². The predicted octanol–water partition coefficient (Wildman–Crippen LogP) is 2.42. The summed E-state index contributed by atoms with van der Waals surface area (Å²) in [4.78, 5) is 15.2. The number of aromatic nitrogens is 4. The van der Waals surface area contributed by atoms with Crippen LogP contribution in [0.2, 0.25) is 0 Å². The molecular weight excluding hydrogens is 386 g/mol. The van der Waals surface area contributed by atoms with Crippen molar-refractivity contribution in [2.45, 2.75) is 37.6 Å². The first kappa shape index (κ1) is 20.1. The van der Waals surface area contributed by atoms with Crippen LogP contribution in [0.4, 0.5) is 0 Å². The molecule has 1 aromatic carbocycles. The molecule has 0 aliphatic carbocycles. The number of nitrogens with zero attached hydrogens (tertiary/aromatic N) is 5. The van der Waals surface area contributed by atoms with Crippen LogP contribution in [0.5, 0.6) is 0 Å². The summed E-state index contributed by atoms with van der Waals surface area (Å²) in [6.07, 6.45) is 3.63. The van der Waals surface area contributed by atoms with Crippen molar-refractivity contribution in [2.24, 2.45) is 5.92 Å². The molecule has 0 bridgehead atoms. The lowest BCUT2D eigenvalue weighted by Crippen LogP contribution is -2.39. The van der Waals surface area contributed by atoms with Gasteiger partial charge in [-0.3, -0.25) is 13.8 Å². The Balaban J connectivity index is 1.58. The molecule has 0 saturated carbocycles. The van der Waals surface area contributed by atoms with E-state index in [4.69, 9.17) is 0 Å². The molecule has 29 heavy (non-hydrogen) atoms. The van der Waals surface area contributed by atoms with E-state index in [1.807, 2.05) is 28.7 Å². The second-order valence-corrected chi connectivity index (χ2v) is 8.77. The summed E-state index contributed by atoms with van der Waals surface area (Å²) in [5, 5.41) is 20.4. The van der Waals surface area contributed by atoms with Crippen LogP contribution in [-0.4, -0.2) is 60.7 Å². The Morgan fingerprint density at radius 1 is 1.31 bits per heavy atom. The predicted molar refractivity (Wildman–Crippen MR) is 117 cm³/mol. The highest BCUT2D eigenvalue weighted by Gasteiger charge is 2.20. The molecule has 1 N–H and O–H groups in total. The van der Waals surface area contributed by atoms with E-state index in [2.05, 4.69) is 28.6 Å². The lowest BCUT2D eigenvalue weighted by atomic mass is 9.99. The molecule has 3 aromatic rings. The minimum atomic E-state index is -0.439. The van der Waals surface area contributed by atoms with Crippen LogP contribution < -0.4 is 5.56 Å². The lowest BCUT2D eigenvalue weighted by Gasteiger charge is -2.31. The van der Waals surface area contributed by atoms with Gasteiger partial charge in [-0.1, -0.05) is 36.9 Å². The standard InChI is InChI=1S/C21H27N5O2S/c1-3-10-25-19(28)17-6-4-5-7-18(17)26-20(25)22-23-21(26)29-14-16(27)13-24-11-8-15(2)9-12-24/h3-7,15-16,27H,1,8-14H2,2H3. The number of para-hydroxylation sites is 1. The molecule has 154 valence electrons. The molecule has 4 rings (SSSR count). The van der Waals surface area contributed by atoms with Crippen molar-refractivity contribution in [3.05, 3.63) is 47.3 Å². The smallest absolute Gasteiger partial charge is 0.263 e. The van der Waals surface area contributed by atoms with Crippen LogP contribution >= 0.6 is 11.8 Å². The zero-order valence-electron chi connectivity index (χ0n) is 16.7. The molecule has 1 fully saturated rings. The molecule has 1 atom stereocenters. The SMILES string of the molecule is C=CCn1c(=O)c2ccccc2n2c(SCC(O)CN3CCC(C)CC3)nnc12. The van der Waals surface area contributed by atoms with E-state index in [0.717, 1.165) is 24.5 Å². The number of aliphatic hydroxyl groups is 1. The zero-order chi connectivity index (χ0) is 20.4. The fraction of sp³-hybridized carbons (Fsp3) is 0.476. The number of fused-ring (bicyclic) bond motifs is 3. The van der Waals surface area contributed by atoms with Gasteiger partial charge in [0.2, 0.25) is 5.78 Å². The molecule has 0 radical (unpaired) electrons. The van der Waals surface area contributed by atoms with Crippen LogP contribution in [0.3, 0.4) is 0 Å². The third-order valence-electron chi connectivity index (χ3n) is 5.54. The summed E-state index contributed by atoms with van der Waals surface area (Å²) < 4.78 is 3.48. The van der Waals surface area contributed by atoms with Crippen LogP contribution in [0.15, 0.2) is 46.9 Å². The highest BCUT2D eigenvalue weighted by Crippen LogP contribution is 2.23. The topological polar surface area (TPSA) is 75.7 Å². The van der Waals surface area contributed by atoms with Crippen molar-refractivity contribution >= 4 is 28.4 Å². The van der Waals surface area contributed by atoms with Crippen LogP contribution in [0, 0.1) is 5.92 Å². The van der Waals surface area contributed by atoms with Gasteiger partial charge in [-0.25, -0.2) is 0 Å². The summed E-state index contributed by atoms with van der Waals surface area (Å²) in [6, 6.07) is 7.48. The number of β-amino-alcohol motifs (C(OH)–C–C–N with tert-alkyl or cyclic N) is 1. The second kappa shape index (κ2) is 8.69. The summed E-state index contributed by atoms with van der Waals surface area (Å²) in [6.45, 7) is 9.19. The molecule has 1 aliphatic heterocycles. The Kier molecular flexibility index (Phi) is 6.03. The van der Waals surface area contributed by atoms with E-state index in [1.54, 1.807) is 10.6 Å². The van der Waals surface area contributed by atoms with Crippen molar-refractivity contribution in [2.75, 3.05) is 25.4 Å². The van der Waals surface area contributed by atoms with Gasteiger partial charge in [0.1, 0.15) is 0 Å². The van der Waals surface area contributed by atoms with Gasteiger partial charge in [0.15, 0.2) is 5.16 Å².